The number of Topliss-reactive ketones (excluding diaryl/α,β-unsaturated/α-hetero) is 1. The molecule has 2 amide bonds. The standard InChI is InChI=1S/C26H27N3O5/c30-16-23(31)18-11-9-17(10-12-18)15-27-26(33)22-14-24(34-29-22)20-7-4-8-21(13-20)28-25(32)19-5-2-1-3-6-19/h4,7-14,19,30H,1-3,5-6,15-16H2,(H,27,33)(H,28,32). The van der Waals surface area contributed by atoms with Crippen molar-refractivity contribution in [2.24, 2.45) is 5.92 Å². The molecule has 1 saturated carbocycles. The van der Waals surface area contributed by atoms with E-state index in [0.717, 1.165) is 31.2 Å². The van der Waals surface area contributed by atoms with Gasteiger partial charge in [-0.3, -0.25) is 14.4 Å². The topological polar surface area (TPSA) is 122 Å². The largest absolute Gasteiger partial charge is 0.388 e. The fourth-order valence-electron chi connectivity index (χ4n) is 4.05. The maximum Gasteiger partial charge on any atom is 0.273 e. The number of anilines is 1. The number of aliphatic hydroxyl groups is 1. The molecule has 0 aliphatic heterocycles. The fourth-order valence-corrected chi connectivity index (χ4v) is 4.05. The third kappa shape index (κ3) is 5.77. The molecule has 0 unspecified atom stereocenters. The van der Waals surface area contributed by atoms with Gasteiger partial charge >= 0.3 is 0 Å². The number of amides is 2. The van der Waals surface area contributed by atoms with Gasteiger partial charge in [-0.2, -0.15) is 0 Å². The van der Waals surface area contributed by atoms with Crippen molar-refractivity contribution in [3.63, 3.8) is 0 Å². The van der Waals surface area contributed by atoms with Crippen molar-refractivity contribution in [2.45, 2.75) is 38.6 Å². The zero-order valence-electron chi connectivity index (χ0n) is 18.8. The monoisotopic (exact) mass is 461 g/mol. The number of ketones is 1. The predicted octanol–water partition coefficient (Wildman–Crippen LogP) is 3.97. The molecule has 1 aliphatic rings. The lowest BCUT2D eigenvalue weighted by Gasteiger charge is -2.20. The molecule has 0 atom stereocenters. The molecule has 1 aromatic heterocycles. The summed E-state index contributed by atoms with van der Waals surface area (Å²) in [6.07, 6.45) is 5.23. The van der Waals surface area contributed by atoms with Crippen molar-refractivity contribution in [3.05, 3.63) is 71.4 Å². The minimum Gasteiger partial charge on any atom is -0.388 e. The molecule has 34 heavy (non-hydrogen) atoms. The molecule has 3 N–H and O–H groups in total. The van der Waals surface area contributed by atoms with E-state index in [2.05, 4.69) is 15.8 Å². The predicted molar refractivity (Wildman–Crippen MR) is 126 cm³/mol. The molecule has 1 fully saturated rings. The van der Waals surface area contributed by atoms with Crippen LogP contribution in [-0.2, 0) is 11.3 Å². The zero-order valence-corrected chi connectivity index (χ0v) is 18.8. The van der Waals surface area contributed by atoms with E-state index < -0.39 is 12.5 Å². The maximum atomic E-state index is 12.5. The first kappa shape index (κ1) is 23.4. The Bertz CT molecular complexity index is 1160. The molecule has 0 saturated heterocycles. The van der Waals surface area contributed by atoms with Crippen LogP contribution in [0.4, 0.5) is 5.69 Å². The van der Waals surface area contributed by atoms with Gasteiger partial charge in [0.15, 0.2) is 17.2 Å². The first-order valence-electron chi connectivity index (χ1n) is 11.4. The number of aliphatic hydroxyl groups excluding tert-OH is 1. The number of carbonyl (C=O) groups is 3. The second-order valence-corrected chi connectivity index (χ2v) is 8.44. The lowest BCUT2D eigenvalue weighted by molar-refractivity contribution is -0.120. The first-order valence-corrected chi connectivity index (χ1v) is 11.4. The molecule has 8 heteroatoms. The second kappa shape index (κ2) is 10.9. The minimum atomic E-state index is -0.541. The normalized spacial score (nSPS) is 13.9. The quantitative estimate of drug-likeness (QED) is 0.437. The number of rotatable bonds is 8. The molecule has 8 nitrogen and oxygen atoms in total. The summed E-state index contributed by atoms with van der Waals surface area (Å²) in [5, 5.41) is 18.5. The minimum absolute atomic E-state index is 0.0447. The Morgan fingerprint density at radius 2 is 1.76 bits per heavy atom. The number of carbonyl (C=O) groups excluding carboxylic acids is 3. The molecule has 1 aliphatic carbocycles. The fraction of sp³-hybridized carbons (Fsp3) is 0.308. The zero-order chi connectivity index (χ0) is 23.9. The lowest BCUT2D eigenvalue weighted by atomic mass is 9.88. The molecule has 0 spiro atoms. The van der Waals surface area contributed by atoms with Gasteiger partial charge in [0, 0.05) is 35.3 Å². The van der Waals surface area contributed by atoms with Crippen molar-refractivity contribution in [2.75, 3.05) is 11.9 Å². The van der Waals surface area contributed by atoms with Gasteiger partial charge in [-0.15, -0.1) is 0 Å². The molecule has 1 heterocycles. The highest BCUT2D eigenvalue weighted by Crippen LogP contribution is 2.27. The molecule has 3 aromatic rings. The molecule has 2 aromatic carbocycles. The number of nitrogens with zero attached hydrogens (tertiary/aromatic N) is 1. The first-order chi connectivity index (χ1) is 16.5. The highest BCUT2D eigenvalue weighted by Gasteiger charge is 2.21. The Morgan fingerprint density at radius 1 is 1.00 bits per heavy atom. The van der Waals surface area contributed by atoms with Crippen molar-refractivity contribution >= 4 is 23.3 Å². The number of benzene rings is 2. The number of hydrogen-bond acceptors (Lipinski definition) is 6. The van der Waals surface area contributed by atoms with Crippen LogP contribution in [-0.4, -0.2) is 34.5 Å². The van der Waals surface area contributed by atoms with E-state index in [0.29, 0.717) is 22.6 Å². The summed E-state index contributed by atoms with van der Waals surface area (Å²) in [6, 6.07) is 15.5. The molecule has 0 radical (unpaired) electrons. The lowest BCUT2D eigenvalue weighted by Crippen LogP contribution is -2.24. The Balaban J connectivity index is 1.36. The van der Waals surface area contributed by atoms with Crippen molar-refractivity contribution in [1.82, 2.24) is 10.5 Å². The van der Waals surface area contributed by atoms with Crippen LogP contribution in [0.15, 0.2) is 59.1 Å². The average molecular weight is 462 g/mol. The van der Waals surface area contributed by atoms with Crippen molar-refractivity contribution < 1.29 is 24.0 Å². The van der Waals surface area contributed by atoms with Crippen LogP contribution in [0.5, 0.6) is 0 Å². The van der Waals surface area contributed by atoms with Gasteiger partial charge in [0.25, 0.3) is 5.91 Å². The van der Waals surface area contributed by atoms with Crippen LogP contribution in [0.1, 0.15) is 58.5 Å². The SMILES string of the molecule is O=C(CO)c1ccc(CNC(=O)c2cc(-c3cccc(NC(=O)C4CCCCC4)c3)on2)cc1. The molecular formula is C26H27N3O5. The van der Waals surface area contributed by atoms with Crippen LogP contribution in [0, 0.1) is 5.92 Å². The molecular weight excluding hydrogens is 434 g/mol. The van der Waals surface area contributed by atoms with Crippen LogP contribution in [0.25, 0.3) is 11.3 Å². The van der Waals surface area contributed by atoms with E-state index in [9.17, 15) is 14.4 Å². The number of nitrogens with one attached hydrogen (secondary N) is 2. The molecule has 4 rings (SSSR count). The van der Waals surface area contributed by atoms with Gasteiger partial charge in [-0.05, 0) is 30.5 Å². The van der Waals surface area contributed by atoms with Gasteiger partial charge in [0.2, 0.25) is 5.91 Å². The van der Waals surface area contributed by atoms with Crippen LogP contribution in [0.3, 0.4) is 0 Å². The van der Waals surface area contributed by atoms with E-state index in [1.807, 2.05) is 18.2 Å². The Hall–Kier alpha value is -3.78. The Kier molecular flexibility index (Phi) is 7.49. The summed E-state index contributed by atoms with van der Waals surface area (Å²) in [5.41, 5.74) is 2.73. The highest BCUT2D eigenvalue weighted by atomic mass is 16.5. The Morgan fingerprint density at radius 3 is 2.50 bits per heavy atom. The maximum absolute atomic E-state index is 12.5. The Labute approximate surface area is 197 Å². The van der Waals surface area contributed by atoms with E-state index >= 15 is 0 Å². The van der Waals surface area contributed by atoms with Crippen LogP contribution < -0.4 is 10.6 Å². The van der Waals surface area contributed by atoms with E-state index in [4.69, 9.17) is 9.63 Å². The summed E-state index contributed by atoms with van der Waals surface area (Å²) in [6.45, 7) is -0.294. The molecule has 0 bridgehead atoms. The smallest absolute Gasteiger partial charge is 0.273 e. The van der Waals surface area contributed by atoms with Gasteiger partial charge in [-0.1, -0.05) is 60.8 Å². The van der Waals surface area contributed by atoms with E-state index in [-0.39, 0.29) is 29.8 Å². The highest BCUT2D eigenvalue weighted by molar-refractivity contribution is 5.97. The summed E-state index contributed by atoms with van der Waals surface area (Å²) in [5.74, 6) is -0.228. The van der Waals surface area contributed by atoms with Crippen molar-refractivity contribution in [1.29, 1.82) is 0 Å². The third-order valence-electron chi connectivity index (χ3n) is 6.01. The second-order valence-electron chi connectivity index (χ2n) is 8.44. The van der Waals surface area contributed by atoms with Gasteiger partial charge < -0.3 is 20.3 Å². The van der Waals surface area contributed by atoms with E-state index in [1.54, 1.807) is 36.4 Å². The summed E-state index contributed by atoms with van der Waals surface area (Å²) in [4.78, 5) is 36.5. The third-order valence-corrected chi connectivity index (χ3v) is 6.01. The van der Waals surface area contributed by atoms with Crippen LogP contribution in [0.2, 0.25) is 0 Å². The summed E-state index contributed by atoms with van der Waals surface area (Å²) < 4.78 is 5.37. The number of hydrogen-bond donors (Lipinski definition) is 3. The van der Waals surface area contributed by atoms with E-state index in [1.165, 1.54) is 6.42 Å². The summed E-state index contributed by atoms with van der Waals surface area (Å²) in [7, 11) is 0. The summed E-state index contributed by atoms with van der Waals surface area (Å²) >= 11 is 0. The average Bonchev–Trinajstić information content (AvgIpc) is 3.38. The van der Waals surface area contributed by atoms with Gasteiger partial charge in [0.1, 0.15) is 6.61 Å². The van der Waals surface area contributed by atoms with Crippen LogP contribution >= 0.6 is 0 Å². The van der Waals surface area contributed by atoms with Gasteiger partial charge in [0.05, 0.1) is 0 Å². The van der Waals surface area contributed by atoms with Gasteiger partial charge in [-0.25, -0.2) is 0 Å². The van der Waals surface area contributed by atoms with Crippen molar-refractivity contribution in [3.8, 4) is 11.3 Å². The molecule has 176 valence electrons. The number of aromatic nitrogens is 1.